The molecule has 17 aromatic rings. The molecule has 0 aliphatic rings. The van der Waals surface area contributed by atoms with Crippen molar-refractivity contribution in [2.75, 3.05) is 0 Å². The van der Waals surface area contributed by atoms with E-state index in [-0.39, 0.29) is 11.1 Å². The average molecular weight is 765 g/mol. The van der Waals surface area contributed by atoms with Crippen molar-refractivity contribution in [1.29, 1.82) is 0 Å². The molecule has 60 heavy (non-hydrogen) atoms. The Morgan fingerprint density at radius 2 is 0.567 bits per heavy atom. The molecule has 274 valence electrons. The second kappa shape index (κ2) is 9.23. The smallest absolute Gasteiger partial charge is 0.0641 e. The lowest BCUT2D eigenvalue weighted by molar-refractivity contribution is 1.32. The van der Waals surface area contributed by atoms with E-state index in [4.69, 9.17) is 0 Å². The molecule has 8 aromatic heterocycles. The number of hydrogen-bond acceptors (Lipinski definition) is 0. The number of para-hydroxylation sites is 6. The Morgan fingerprint density at radius 1 is 0.250 bits per heavy atom. The largest absolute Gasteiger partial charge is 0.308 e. The van der Waals surface area contributed by atoms with Gasteiger partial charge in [0.1, 0.15) is 0 Å². The number of fused-ring (bicyclic) bond motifs is 26. The highest BCUT2D eigenvalue weighted by Crippen LogP contribution is 2.52. The fourth-order valence-corrected chi connectivity index (χ4v) is 12.7. The van der Waals surface area contributed by atoms with E-state index in [2.05, 4.69) is 139 Å². The highest BCUT2D eigenvalue weighted by atomic mass is 15.0. The molecule has 0 bridgehead atoms. The van der Waals surface area contributed by atoms with Crippen LogP contribution in [-0.4, -0.2) is 17.6 Å². The lowest BCUT2D eigenvalue weighted by Crippen LogP contribution is -1.92. The maximum absolute atomic E-state index is 9.53. The van der Waals surface area contributed by atoms with Crippen molar-refractivity contribution in [3.05, 3.63) is 157 Å². The fraction of sp³-hybridized carbons (Fsp3) is 0.0357. The van der Waals surface area contributed by atoms with E-state index in [0.29, 0.717) is 21.8 Å². The van der Waals surface area contributed by atoms with Crippen molar-refractivity contribution in [3.63, 3.8) is 0 Å². The third kappa shape index (κ3) is 2.80. The van der Waals surface area contributed by atoms with Crippen molar-refractivity contribution >= 4 is 152 Å². The molecule has 0 spiro atoms. The summed E-state index contributed by atoms with van der Waals surface area (Å²) in [7, 11) is 0. The molecule has 0 amide bonds. The molecule has 4 nitrogen and oxygen atoms in total. The summed E-state index contributed by atoms with van der Waals surface area (Å²) in [6, 6.07) is 50.8. The molecule has 0 saturated carbocycles. The Labute approximate surface area is 347 Å². The maximum Gasteiger partial charge on any atom is 0.0641 e. The van der Waals surface area contributed by atoms with Crippen LogP contribution >= 0.6 is 0 Å². The van der Waals surface area contributed by atoms with Gasteiger partial charge in [0.25, 0.3) is 0 Å². The van der Waals surface area contributed by atoms with Gasteiger partial charge in [-0.3, -0.25) is 0 Å². The number of hydrogen-bond donors (Lipinski definition) is 0. The topological polar surface area (TPSA) is 17.6 Å². The van der Waals surface area contributed by atoms with E-state index < -0.39 is 13.7 Å². The molecule has 4 heteroatoms. The van der Waals surface area contributed by atoms with Crippen molar-refractivity contribution in [1.82, 2.24) is 17.6 Å². The molecule has 0 N–H and O–H groups in total. The minimum atomic E-state index is -2.64. The van der Waals surface area contributed by atoms with Gasteiger partial charge in [0.2, 0.25) is 0 Å². The zero-order valence-electron chi connectivity index (χ0n) is 37.6. The molecule has 0 radical (unpaired) electrons. The van der Waals surface area contributed by atoms with E-state index >= 15 is 0 Å². The van der Waals surface area contributed by atoms with Crippen molar-refractivity contribution < 1.29 is 8.22 Å². The summed E-state index contributed by atoms with van der Waals surface area (Å²) >= 11 is 0. The van der Waals surface area contributed by atoms with Crippen LogP contribution in [0.25, 0.3) is 152 Å². The predicted octanol–water partition coefficient (Wildman–Crippen LogP) is 14.9. The van der Waals surface area contributed by atoms with E-state index in [1.165, 1.54) is 21.5 Å². The first kappa shape index (κ1) is 24.8. The summed E-state index contributed by atoms with van der Waals surface area (Å²) in [5, 5.41) is 15.6. The number of nitrogens with zero attached hydrogens (tertiary/aromatic N) is 4. The third-order valence-electron chi connectivity index (χ3n) is 14.7. The number of benzene rings is 9. The van der Waals surface area contributed by atoms with E-state index in [0.717, 1.165) is 109 Å². The molecule has 0 aliphatic heterocycles. The van der Waals surface area contributed by atoms with Gasteiger partial charge in [-0.05, 0) is 49.1 Å². The van der Waals surface area contributed by atoms with Crippen LogP contribution in [0.15, 0.2) is 146 Å². The van der Waals surface area contributed by atoms with Gasteiger partial charge < -0.3 is 17.6 Å². The van der Waals surface area contributed by atoms with Gasteiger partial charge in [0.05, 0.1) is 66.2 Å². The second-order valence-electron chi connectivity index (χ2n) is 17.1. The number of aryl methyl sites for hydroxylation is 2. The van der Waals surface area contributed by atoms with Crippen LogP contribution in [0.2, 0.25) is 0 Å². The molecule has 0 fully saturated rings. The van der Waals surface area contributed by atoms with Crippen LogP contribution in [-0.2, 0) is 0 Å². The summed E-state index contributed by atoms with van der Waals surface area (Å²) in [5.41, 5.74) is 11.2. The summed E-state index contributed by atoms with van der Waals surface area (Å²) < 4.78 is 66.1. The minimum Gasteiger partial charge on any atom is -0.308 e. The van der Waals surface area contributed by atoms with Gasteiger partial charge in [-0.25, -0.2) is 0 Å². The van der Waals surface area contributed by atoms with Gasteiger partial charge in [0.15, 0.2) is 0 Å². The van der Waals surface area contributed by atoms with Gasteiger partial charge in [-0.1, -0.05) is 121 Å². The maximum atomic E-state index is 9.53. The predicted molar refractivity (Wildman–Crippen MR) is 255 cm³/mol. The molecular weight excluding hydrogens is 729 g/mol. The summed E-state index contributed by atoms with van der Waals surface area (Å²) in [5.74, 6) is 0. The van der Waals surface area contributed by atoms with E-state index in [1.54, 1.807) is 0 Å². The molecular formula is C56H30N4. The lowest BCUT2D eigenvalue weighted by atomic mass is 9.96. The van der Waals surface area contributed by atoms with Gasteiger partial charge >= 0.3 is 0 Å². The minimum absolute atomic E-state index is 0.170. The zero-order chi connectivity index (χ0) is 43.6. The highest BCUT2D eigenvalue weighted by Gasteiger charge is 2.30. The summed E-state index contributed by atoms with van der Waals surface area (Å²) in [4.78, 5) is 0. The SMILES string of the molecule is [2H]C([2H])([2H])c1c2c3cccc4c5c(ccc6c7cccc8c9ccccc9n(c87)c65)n(c2c(C([2H])([2H])[2H])c2c5cccc6c7c(ccc8c9cccc%10c%11ccccc%11n(c%109)c87)n(c12)c56)c34. The molecule has 9 aromatic carbocycles. The quantitative estimate of drug-likeness (QED) is 0.146. The molecule has 0 atom stereocenters. The van der Waals surface area contributed by atoms with Crippen LogP contribution in [0.4, 0.5) is 0 Å². The first-order valence-corrected chi connectivity index (χ1v) is 20.6. The first-order chi connectivity index (χ1) is 32.1. The van der Waals surface area contributed by atoms with Gasteiger partial charge in [-0.15, -0.1) is 0 Å². The molecule has 17 rings (SSSR count). The van der Waals surface area contributed by atoms with Crippen LogP contribution < -0.4 is 0 Å². The van der Waals surface area contributed by atoms with E-state index in [1.807, 2.05) is 24.3 Å². The summed E-state index contributed by atoms with van der Waals surface area (Å²) in [6.07, 6.45) is 0. The van der Waals surface area contributed by atoms with Crippen LogP contribution in [0.3, 0.4) is 0 Å². The lowest BCUT2D eigenvalue weighted by Gasteiger charge is -2.10. The summed E-state index contributed by atoms with van der Waals surface area (Å²) in [6.45, 7) is -5.27. The second-order valence-corrected chi connectivity index (χ2v) is 17.1. The Morgan fingerprint density at radius 3 is 1.00 bits per heavy atom. The number of rotatable bonds is 0. The molecule has 8 heterocycles. The molecule has 0 saturated heterocycles. The van der Waals surface area contributed by atoms with Crippen LogP contribution in [0.1, 0.15) is 19.4 Å². The molecule has 0 unspecified atom stereocenters. The standard InChI is InChI=1S/C56H30N4/c1-27-45-37-17-9-19-39-48-44(26-24-36-34-16-8-14-32-30-12-4-6-22-42(30)58(52(32)34)56(36)48)60(53(37)39)50(45)28(2)46-38-18-10-20-40-47-43(59(49(27)46)54(38)40)25-23-35-33-15-7-13-31-29-11-3-5-21-41(29)57(51(31)33)55(35)47/h3-26H,1-2H3/i1D3,2D3. The van der Waals surface area contributed by atoms with Crippen molar-refractivity contribution in [2.45, 2.75) is 13.7 Å². The normalized spacial score (nSPS) is 15.4. The van der Waals surface area contributed by atoms with Crippen LogP contribution in [0, 0.1) is 13.7 Å². The average Bonchev–Trinajstić information content (AvgIpc) is 4.19. The van der Waals surface area contributed by atoms with E-state index in [9.17, 15) is 8.22 Å². The first-order valence-electron chi connectivity index (χ1n) is 23.6. The molecule has 0 aliphatic carbocycles. The van der Waals surface area contributed by atoms with Crippen molar-refractivity contribution in [3.8, 4) is 0 Å². The monoisotopic (exact) mass is 764 g/mol. The fourth-order valence-electron chi connectivity index (χ4n) is 12.7. The van der Waals surface area contributed by atoms with Crippen molar-refractivity contribution in [2.24, 2.45) is 0 Å². The Balaban J connectivity index is 1.14. The van der Waals surface area contributed by atoms with Crippen LogP contribution in [0.5, 0.6) is 0 Å². The third-order valence-corrected chi connectivity index (χ3v) is 14.7. The zero-order valence-corrected chi connectivity index (χ0v) is 31.6. The number of aromatic nitrogens is 4. The Hall–Kier alpha value is -7.82. The van der Waals surface area contributed by atoms with Gasteiger partial charge in [0, 0.05) is 94.4 Å². The Bertz CT molecular complexity index is 4760. The Kier molecular flexibility index (Phi) is 3.82. The highest BCUT2D eigenvalue weighted by molar-refractivity contribution is 6.38. The van der Waals surface area contributed by atoms with Gasteiger partial charge in [-0.2, -0.15) is 0 Å².